The lowest BCUT2D eigenvalue weighted by Gasteiger charge is -2.18. The van der Waals surface area contributed by atoms with Gasteiger partial charge in [-0.1, -0.05) is 11.6 Å². The van der Waals surface area contributed by atoms with E-state index in [4.69, 9.17) is 21.7 Å². The van der Waals surface area contributed by atoms with E-state index in [2.05, 4.69) is 20.3 Å². The molecule has 2 atom stereocenters. The predicted molar refractivity (Wildman–Crippen MR) is 104 cm³/mol. The van der Waals surface area contributed by atoms with E-state index in [1.165, 1.54) is 18.3 Å². The van der Waals surface area contributed by atoms with E-state index in [1.807, 2.05) is 6.92 Å². The number of hydrogen-bond donors (Lipinski definition) is 4. The second kappa shape index (κ2) is 7.34. The molecule has 1 aliphatic rings. The molecule has 28 heavy (non-hydrogen) atoms. The third-order valence-corrected chi connectivity index (χ3v) is 4.73. The Morgan fingerprint density at radius 3 is 3.07 bits per heavy atom. The molecule has 0 radical (unpaired) electrons. The Balaban J connectivity index is 1.59. The summed E-state index contributed by atoms with van der Waals surface area (Å²) >= 11 is 5.77. The summed E-state index contributed by atoms with van der Waals surface area (Å²) in [6.45, 7) is 2.61. The number of aromatic nitrogens is 3. The number of aromatic amines is 1. The third-order valence-electron chi connectivity index (χ3n) is 4.44. The summed E-state index contributed by atoms with van der Waals surface area (Å²) in [6.07, 6.45) is 2.57. The maximum absolute atomic E-state index is 13.4. The molecule has 0 spiro atoms. The Hall–Kier alpha value is -2.75. The van der Waals surface area contributed by atoms with E-state index >= 15 is 0 Å². The van der Waals surface area contributed by atoms with Gasteiger partial charge in [0.1, 0.15) is 5.82 Å². The molecule has 1 saturated carbocycles. The predicted octanol–water partition coefficient (Wildman–Crippen LogP) is 3.56. The molecule has 1 aliphatic carbocycles. The van der Waals surface area contributed by atoms with Crippen molar-refractivity contribution < 1.29 is 14.3 Å². The molecule has 3 aromatic rings. The van der Waals surface area contributed by atoms with E-state index in [9.17, 15) is 9.60 Å². The van der Waals surface area contributed by atoms with E-state index in [0.29, 0.717) is 34.3 Å². The number of rotatable bonds is 6. The molecule has 4 N–H and O–H groups in total. The fourth-order valence-electron chi connectivity index (χ4n) is 2.93. The van der Waals surface area contributed by atoms with Gasteiger partial charge in [-0.05, 0) is 37.6 Å². The summed E-state index contributed by atoms with van der Waals surface area (Å²) in [5.74, 6) is -0.320. The Bertz CT molecular complexity index is 1040. The minimum atomic E-state index is -0.605. The topological polar surface area (TPSA) is 110 Å². The minimum absolute atomic E-state index is 0.148. The number of hydroxylamine groups is 1. The molecule has 2 heterocycles. The van der Waals surface area contributed by atoms with Gasteiger partial charge in [-0.15, -0.1) is 0 Å². The molecular weight excluding hydrogens is 387 g/mol. The maximum atomic E-state index is 13.4. The third kappa shape index (κ3) is 3.51. The first-order valence-corrected chi connectivity index (χ1v) is 9.11. The van der Waals surface area contributed by atoms with Gasteiger partial charge in [-0.3, -0.25) is 10.6 Å². The lowest BCUT2D eigenvalue weighted by atomic mass is 10.2. The normalized spacial score (nSPS) is 18.3. The highest BCUT2D eigenvalue weighted by atomic mass is 35.5. The summed E-state index contributed by atoms with van der Waals surface area (Å²) in [7, 11) is 0. The molecule has 2 unspecified atom stereocenters. The average molecular weight is 405 g/mol. The first kappa shape index (κ1) is 18.6. The molecular formula is C18H18ClFN6O2. The van der Waals surface area contributed by atoms with Crippen LogP contribution >= 0.6 is 11.6 Å². The van der Waals surface area contributed by atoms with Gasteiger partial charge in [-0.25, -0.2) is 14.4 Å². The van der Waals surface area contributed by atoms with Gasteiger partial charge in [-0.2, -0.15) is 4.98 Å². The van der Waals surface area contributed by atoms with Crippen LogP contribution in [-0.2, 0) is 4.74 Å². The molecule has 1 fully saturated rings. The van der Waals surface area contributed by atoms with Gasteiger partial charge in [0.15, 0.2) is 11.5 Å². The SMILES string of the molecule is CCOC1CC1Nc1nc2nccc(C(=N)N(O)c3ccc(F)c(Cl)c3)c2[nH]1. The van der Waals surface area contributed by atoms with Gasteiger partial charge < -0.3 is 15.0 Å². The Morgan fingerprint density at radius 2 is 2.32 bits per heavy atom. The molecule has 146 valence electrons. The molecule has 8 nitrogen and oxygen atoms in total. The number of amidine groups is 1. The number of benzene rings is 1. The monoisotopic (exact) mass is 404 g/mol. The molecule has 2 aromatic heterocycles. The second-order valence-electron chi connectivity index (χ2n) is 6.38. The van der Waals surface area contributed by atoms with Gasteiger partial charge in [0.2, 0.25) is 5.95 Å². The fourth-order valence-corrected chi connectivity index (χ4v) is 3.11. The Labute approximate surface area is 164 Å². The van der Waals surface area contributed by atoms with Crippen molar-refractivity contribution >= 4 is 40.2 Å². The zero-order valence-corrected chi connectivity index (χ0v) is 15.7. The smallest absolute Gasteiger partial charge is 0.203 e. The largest absolute Gasteiger partial charge is 0.376 e. The van der Waals surface area contributed by atoms with Crippen molar-refractivity contribution in [1.82, 2.24) is 15.0 Å². The van der Waals surface area contributed by atoms with Crippen LogP contribution in [0.4, 0.5) is 16.0 Å². The molecule has 4 rings (SSSR count). The standard InChI is InChI=1S/C18H18ClFN6O2/c1-2-28-14-8-13(14)23-18-24-15-10(5-6-22-17(15)25-18)16(21)26(27)9-3-4-12(20)11(19)7-9/h3-7,13-14,21,27H,2,8H2,1H3,(H2,22,23,24,25). The molecule has 10 heteroatoms. The van der Waals surface area contributed by atoms with Crippen LogP contribution in [0.1, 0.15) is 18.9 Å². The number of ether oxygens (including phenoxy) is 1. The van der Waals surface area contributed by atoms with Crippen molar-refractivity contribution in [2.45, 2.75) is 25.5 Å². The van der Waals surface area contributed by atoms with Crippen molar-refractivity contribution in [3.63, 3.8) is 0 Å². The van der Waals surface area contributed by atoms with Crippen molar-refractivity contribution in [1.29, 1.82) is 5.41 Å². The minimum Gasteiger partial charge on any atom is -0.376 e. The van der Waals surface area contributed by atoms with Crippen LogP contribution in [0, 0.1) is 11.2 Å². The number of anilines is 2. The lowest BCUT2D eigenvalue weighted by Crippen LogP contribution is -2.27. The van der Waals surface area contributed by atoms with Gasteiger partial charge in [0.05, 0.1) is 28.4 Å². The summed E-state index contributed by atoms with van der Waals surface area (Å²) < 4.78 is 18.9. The van der Waals surface area contributed by atoms with Gasteiger partial charge in [0.25, 0.3) is 0 Å². The zero-order valence-electron chi connectivity index (χ0n) is 14.9. The molecule has 0 aliphatic heterocycles. The van der Waals surface area contributed by atoms with Crippen LogP contribution < -0.4 is 10.4 Å². The zero-order chi connectivity index (χ0) is 19.8. The van der Waals surface area contributed by atoms with Crippen LogP contribution in [0.25, 0.3) is 11.2 Å². The highest BCUT2D eigenvalue weighted by Crippen LogP contribution is 2.29. The van der Waals surface area contributed by atoms with Crippen molar-refractivity contribution in [3.05, 3.63) is 46.9 Å². The molecule has 0 saturated heterocycles. The van der Waals surface area contributed by atoms with Crippen molar-refractivity contribution in [2.24, 2.45) is 0 Å². The highest BCUT2D eigenvalue weighted by molar-refractivity contribution is 6.31. The highest BCUT2D eigenvalue weighted by Gasteiger charge is 2.38. The van der Waals surface area contributed by atoms with Crippen molar-refractivity contribution in [2.75, 3.05) is 17.0 Å². The second-order valence-corrected chi connectivity index (χ2v) is 6.79. The van der Waals surface area contributed by atoms with E-state index in [-0.39, 0.29) is 28.7 Å². The first-order valence-electron chi connectivity index (χ1n) is 8.73. The fraction of sp³-hybridized carbons (Fsp3) is 0.278. The number of H-pyrrole nitrogens is 1. The van der Waals surface area contributed by atoms with Gasteiger partial charge in [0, 0.05) is 18.4 Å². The van der Waals surface area contributed by atoms with Crippen LogP contribution in [0.3, 0.4) is 0 Å². The Kier molecular flexibility index (Phi) is 4.88. The summed E-state index contributed by atoms with van der Waals surface area (Å²) in [5, 5.41) is 22.5. The molecule has 0 bridgehead atoms. The number of pyridine rings is 1. The van der Waals surface area contributed by atoms with E-state index < -0.39 is 5.82 Å². The molecule has 1 aromatic carbocycles. The summed E-state index contributed by atoms with van der Waals surface area (Å²) in [4.78, 5) is 11.7. The number of halogens is 2. The summed E-state index contributed by atoms with van der Waals surface area (Å²) in [6, 6.07) is 5.46. The van der Waals surface area contributed by atoms with E-state index in [1.54, 1.807) is 6.07 Å². The average Bonchev–Trinajstić information content (AvgIpc) is 3.26. The summed E-state index contributed by atoms with van der Waals surface area (Å²) in [5.41, 5.74) is 1.45. The maximum Gasteiger partial charge on any atom is 0.203 e. The number of nitrogens with one attached hydrogen (secondary N) is 3. The Morgan fingerprint density at radius 1 is 1.50 bits per heavy atom. The quantitative estimate of drug-likeness (QED) is 0.284. The lowest BCUT2D eigenvalue weighted by molar-refractivity contribution is 0.130. The van der Waals surface area contributed by atoms with Crippen LogP contribution in [0.2, 0.25) is 5.02 Å². The number of nitrogens with zero attached hydrogens (tertiary/aromatic N) is 3. The van der Waals surface area contributed by atoms with Gasteiger partial charge >= 0.3 is 0 Å². The van der Waals surface area contributed by atoms with Crippen LogP contribution in [-0.4, -0.2) is 44.7 Å². The number of hydrogen-bond acceptors (Lipinski definition) is 6. The molecule has 0 amide bonds. The van der Waals surface area contributed by atoms with Crippen LogP contribution in [0.5, 0.6) is 0 Å². The van der Waals surface area contributed by atoms with Crippen LogP contribution in [0.15, 0.2) is 30.5 Å². The number of imidazole rings is 1. The first-order chi connectivity index (χ1) is 13.5. The number of fused-ring (bicyclic) bond motifs is 1. The van der Waals surface area contributed by atoms with Crippen molar-refractivity contribution in [3.8, 4) is 0 Å². The van der Waals surface area contributed by atoms with E-state index in [0.717, 1.165) is 12.5 Å².